The lowest BCUT2D eigenvalue weighted by molar-refractivity contribution is 0.397. The summed E-state index contributed by atoms with van der Waals surface area (Å²) in [5.74, 6) is 0. The van der Waals surface area contributed by atoms with Gasteiger partial charge in [0.25, 0.3) is 0 Å². The van der Waals surface area contributed by atoms with Crippen molar-refractivity contribution in [2.24, 2.45) is 0 Å². The highest BCUT2D eigenvalue weighted by Crippen LogP contribution is 2.64. The third-order valence-electron chi connectivity index (χ3n) is 7.93. The van der Waals surface area contributed by atoms with Crippen LogP contribution in [0.5, 0.6) is 0 Å². The van der Waals surface area contributed by atoms with Crippen LogP contribution in [0.25, 0.3) is 0 Å². The minimum Gasteiger partial charge on any atom is -0.352 e. The van der Waals surface area contributed by atoms with Crippen LogP contribution in [0.2, 0.25) is 0 Å². The van der Waals surface area contributed by atoms with Crippen LogP contribution in [0.3, 0.4) is 0 Å². The fourth-order valence-electron chi connectivity index (χ4n) is 6.16. The summed E-state index contributed by atoms with van der Waals surface area (Å²) in [6.07, 6.45) is 7.31. The van der Waals surface area contributed by atoms with Gasteiger partial charge in [-0.25, -0.2) is 0 Å². The molecule has 0 amide bonds. The summed E-state index contributed by atoms with van der Waals surface area (Å²) in [4.78, 5) is 0. The first kappa shape index (κ1) is 24.2. The lowest BCUT2D eigenvalue weighted by Crippen LogP contribution is -2.68. The minimum atomic E-state index is -2.56. The summed E-state index contributed by atoms with van der Waals surface area (Å²) in [6.45, 7) is 0. The lowest BCUT2D eigenvalue weighted by atomic mass is 10.2. The van der Waals surface area contributed by atoms with Gasteiger partial charge in [-0.1, -0.05) is 164 Å². The molecule has 188 valence electrons. The van der Waals surface area contributed by atoms with Gasteiger partial charge in [-0.05, 0) is 45.4 Å². The number of allylic oxidation sites excluding steroid dienone is 2. The molecule has 0 saturated carbocycles. The number of hydrogen-bond donors (Lipinski definition) is 0. The van der Waals surface area contributed by atoms with Crippen LogP contribution in [-0.4, -0.2) is 19.5 Å². The maximum Gasteiger partial charge on any atom is 0.179 e. The smallest absolute Gasteiger partial charge is 0.179 e. The zero-order valence-electron chi connectivity index (χ0n) is 21.6. The molecule has 0 radical (unpaired) electrons. The molecule has 1 aliphatic heterocycles. The normalized spacial score (nSPS) is 19.8. The van der Waals surface area contributed by atoms with Crippen LogP contribution in [0.4, 0.5) is 0 Å². The van der Waals surface area contributed by atoms with Crippen molar-refractivity contribution in [3.63, 3.8) is 0 Å². The number of hydrogen-bond acceptors (Lipinski definition) is 1. The van der Waals surface area contributed by atoms with E-state index in [1.54, 1.807) is 0 Å². The van der Waals surface area contributed by atoms with Crippen LogP contribution in [0.15, 0.2) is 175 Å². The van der Waals surface area contributed by atoms with Crippen LogP contribution >= 0.6 is 7.92 Å². The van der Waals surface area contributed by atoms with E-state index in [1.807, 2.05) is 0 Å². The van der Waals surface area contributed by atoms with E-state index in [2.05, 4.69) is 170 Å². The standard InChI is InChI=1S/C36H29OPSi/c1-6-16-29(17-7-1)38(30-18-8-2-9-19-30)36-27-26-34(28-35(36)37-36)39(31-20-10-3-11-21-31,32-22-12-4-13-23-32)33-24-14-5-15-25-33/h1-28,35H. The molecule has 0 aromatic heterocycles. The Labute approximate surface area is 232 Å². The number of epoxide rings is 1. The molecule has 5 aromatic carbocycles. The molecular weight excluding hydrogens is 507 g/mol. The monoisotopic (exact) mass is 536 g/mol. The summed E-state index contributed by atoms with van der Waals surface area (Å²) in [6, 6.07) is 55.1. The van der Waals surface area contributed by atoms with E-state index in [4.69, 9.17) is 4.74 Å². The van der Waals surface area contributed by atoms with E-state index in [9.17, 15) is 0 Å². The molecule has 7 rings (SSSR count). The maximum atomic E-state index is 6.76. The third-order valence-corrected chi connectivity index (χ3v) is 15.6. The largest absolute Gasteiger partial charge is 0.352 e. The Hall–Kier alpha value is -3.81. The second kappa shape index (κ2) is 10.1. The summed E-state index contributed by atoms with van der Waals surface area (Å²) in [7, 11) is -3.30. The van der Waals surface area contributed by atoms with Crippen molar-refractivity contribution in [1.82, 2.24) is 0 Å². The Balaban J connectivity index is 1.40. The molecule has 39 heavy (non-hydrogen) atoms. The number of fused-ring (bicyclic) bond motifs is 1. The summed E-state index contributed by atoms with van der Waals surface area (Å²) >= 11 is 0. The van der Waals surface area contributed by atoms with Crippen LogP contribution < -0.4 is 26.2 Å². The van der Waals surface area contributed by atoms with Gasteiger partial charge in [0.05, 0.1) is 0 Å². The van der Waals surface area contributed by atoms with E-state index < -0.39 is 16.0 Å². The Kier molecular flexibility index (Phi) is 6.25. The van der Waals surface area contributed by atoms with E-state index >= 15 is 0 Å². The second-order valence-corrected chi connectivity index (χ2v) is 16.3. The molecule has 0 bridgehead atoms. The van der Waals surface area contributed by atoms with Crippen molar-refractivity contribution in [1.29, 1.82) is 0 Å². The molecule has 1 heterocycles. The van der Waals surface area contributed by atoms with Crippen LogP contribution in [0.1, 0.15) is 0 Å². The van der Waals surface area contributed by atoms with Gasteiger partial charge in [-0.3, -0.25) is 0 Å². The van der Waals surface area contributed by atoms with Gasteiger partial charge in [0, 0.05) is 0 Å². The Morgan fingerprint density at radius 1 is 0.513 bits per heavy atom. The maximum absolute atomic E-state index is 6.76. The summed E-state index contributed by atoms with van der Waals surface area (Å²) in [5.41, 5.74) is 0. The van der Waals surface area contributed by atoms with E-state index in [0.717, 1.165) is 0 Å². The molecule has 1 fully saturated rings. The quantitative estimate of drug-likeness (QED) is 0.117. The molecule has 2 atom stereocenters. The number of rotatable bonds is 7. The summed E-state index contributed by atoms with van der Waals surface area (Å²) < 4.78 is 6.76. The predicted octanol–water partition coefficient (Wildman–Crippen LogP) is 5.42. The van der Waals surface area contributed by atoms with Gasteiger partial charge < -0.3 is 4.74 Å². The molecule has 5 aromatic rings. The molecule has 3 heteroatoms. The third kappa shape index (κ3) is 4.08. The van der Waals surface area contributed by atoms with Gasteiger partial charge in [0.1, 0.15) is 11.4 Å². The van der Waals surface area contributed by atoms with Gasteiger partial charge in [-0.2, -0.15) is 0 Å². The topological polar surface area (TPSA) is 12.5 Å². The first-order valence-electron chi connectivity index (χ1n) is 13.5. The van der Waals surface area contributed by atoms with Crippen LogP contribution in [0, 0.1) is 0 Å². The SMILES string of the molecule is C1=CC2(P(c3ccccc3)c3ccccc3)OC2C=C1[Si](c1ccccc1)(c1ccccc1)c1ccccc1. The fourth-order valence-corrected chi connectivity index (χ4v) is 13.8. The first-order chi connectivity index (χ1) is 19.3. The first-order valence-corrected chi connectivity index (χ1v) is 16.8. The van der Waals surface area contributed by atoms with Crippen molar-refractivity contribution in [2.45, 2.75) is 11.4 Å². The molecular formula is C36H29OPSi. The number of benzene rings is 5. The van der Waals surface area contributed by atoms with Crippen molar-refractivity contribution >= 4 is 42.2 Å². The average molecular weight is 537 g/mol. The highest BCUT2D eigenvalue weighted by molar-refractivity contribution is 7.74. The molecule has 2 aliphatic rings. The predicted molar refractivity (Wildman–Crippen MR) is 168 cm³/mol. The molecule has 1 aliphatic carbocycles. The second-order valence-electron chi connectivity index (χ2n) is 10.1. The van der Waals surface area contributed by atoms with Crippen molar-refractivity contribution < 1.29 is 4.74 Å². The molecule has 1 saturated heterocycles. The fraction of sp³-hybridized carbons (Fsp3) is 0.0556. The number of ether oxygens (including phenoxy) is 1. The highest BCUT2D eigenvalue weighted by Gasteiger charge is 2.62. The van der Waals surface area contributed by atoms with E-state index in [1.165, 1.54) is 31.4 Å². The van der Waals surface area contributed by atoms with Crippen molar-refractivity contribution in [3.8, 4) is 0 Å². The molecule has 0 N–H and O–H groups in total. The van der Waals surface area contributed by atoms with Crippen molar-refractivity contribution in [2.75, 3.05) is 0 Å². The van der Waals surface area contributed by atoms with E-state index in [0.29, 0.717) is 0 Å². The van der Waals surface area contributed by atoms with Crippen molar-refractivity contribution in [3.05, 3.63) is 175 Å². The zero-order chi connectivity index (χ0) is 26.1. The van der Waals surface area contributed by atoms with Gasteiger partial charge in [-0.15, -0.1) is 0 Å². The Morgan fingerprint density at radius 2 is 0.897 bits per heavy atom. The zero-order valence-corrected chi connectivity index (χ0v) is 23.5. The molecule has 2 unspecified atom stereocenters. The Morgan fingerprint density at radius 3 is 1.28 bits per heavy atom. The minimum absolute atomic E-state index is 0.0482. The average Bonchev–Trinajstić information content (AvgIpc) is 3.75. The van der Waals surface area contributed by atoms with Gasteiger partial charge in [0.15, 0.2) is 8.07 Å². The van der Waals surface area contributed by atoms with Gasteiger partial charge >= 0.3 is 0 Å². The van der Waals surface area contributed by atoms with Gasteiger partial charge in [0.2, 0.25) is 0 Å². The molecule has 1 nitrogen and oxygen atoms in total. The Bertz CT molecular complexity index is 1480. The highest BCUT2D eigenvalue weighted by atomic mass is 31.1. The molecule has 0 spiro atoms. The lowest BCUT2D eigenvalue weighted by Gasteiger charge is -2.36. The summed E-state index contributed by atoms with van der Waals surface area (Å²) in [5, 5.41) is 7.94. The van der Waals surface area contributed by atoms with Crippen LogP contribution in [-0.2, 0) is 4.74 Å². The van der Waals surface area contributed by atoms with E-state index in [-0.39, 0.29) is 11.4 Å².